The van der Waals surface area contributed by atoms with Crippen LogP contribution in [0.1, 0.15) is 59.8 Å². The van der Waals surface area contributed by atoms with E-state index in [0.717, 1.165) is 19.6 Å². The van der Waals surface area contributed by atoms with Gasteiger partial charge < -0.3 is 19.7 Å². The molecule has 0 bridgehead atoms. The minimum Gasteiger partial charge on any atom is -0.444 e. The second kappa shape index (κ2) is 7.39. The highest BCUT2D eigenvalue weighted by Gasteiger charge is 2.56. The summed E-state index contributed by atoms with van der Waals surface area (Å²) in [6, 6.07) is 0.536. The van der Waals surface area contributed by atoms with Gasteiger partial charge in [0.05, 0.1) is 6.10 Å². The van der Waals surface area contributed by atoms with Gasteiger partial charge in [0, 0.05) is 38.2 Å². The summed E-state index contributed by atoms with van der Waals surface area (Å²) in [5.41, 5.74) is -0.0914. The predicted molar refractivity (Wildman–Crippen MR) is 91.6 cm³/mol. The fourth-order valence-corrected chi connectivity index (χ4v) is 4.01. The second-order valence-corrected chi connectivity index (χ2v) is 8.03. The summed E-state index contributed by atoms with van der Waals surface area (Å²) in [4.78, 5) is 13.6. The Hall–Kier alpha value is -0.810. The molecule has 0 aromatic carbocycles. The van der Waals surface area contributed by atoms with Crippen molar-refractivity contribution in [2.75, 3.05) is 26.7 Å². The van der Waals surface area contributed by atoms with Crippen LogP contribution < -0.4 is 5.32 Å². The number of hydrogen-bond donors (Lipinski definition) is 1. The van der Waals surface area contributed by atoms with Gasteiger partial charge in [-0.25, -0.2) is 4.79 Å². The summed E-state index contributed by atoms with van der Waals surface area (Å²) in [5, 5.41) is 3.66. The summed E-state index contributed by atoms with van der Waals surface area (Å²) in [6.45, 7) is 10.0. The SMILES string of the molecule is CCOC1CC(NCCN(C)C(=O)OC(C)(C)C)C12CCCC2. The molecule has 0 aromatic rings. The highest BCUT2D eigenvalue weighted by molar-refractivity contribution is 5.67. The lowest BCUT2D eigenvalue weighted by molar-refractivity contribution is -0.130. The summed E-state index contributed by atoms with van der Waals surface area (Å²) in [7, 11) is 1.80. The van der Waals surface area contributed by atoms with Gasteiger partial charge in [0.2, 0.25) is 0 Å². The van der Waals surface area contributed by atoms with Gasteiger partial charge in [0.25, 0.3) is 0 Å². The number of ether oxygens (including phenoxy) is 2. The largest absolute Gasteiger partial charge is 0.444 e. The zero-order chi connectivity index (χ0) is 17.1. The minimum atomic E-state index is -0.439. The van der Waals surface area contributed by atoms with E-state index in [1.165, 1.54) is 25.7 Å². The number of likely N-dealkylation sites (N-methyl/N-ethyl adjacent to an activating group) is 1. The van der Waals surface area contributed by atoms with Gasteiger partial charge in [-0.1, -0.05) is 12.8 Å². The lowest BCUT2D eigenvalue weighted by atomic mass is 9.60. The van der Waals surface area contributed by atoms with Crippen molar-refractivity contribution >= 4 is 6.09 Å². The molecule has 2 aliphatic rings. The third-order valence-corrected chi connectivity index (χ3v) is 5.23. The van der Waals surface area contributed by atoms with E-state index >= 15 is 0 Å². The Morgan fingerprint density at radius 2 is 1.96 bits per heavy atom. The topological polar surface area (TPSA) is 50.8 Å². The number of carbonyl (C=O) groups is 1. The maximum Gasteiger partial charge on any atom is 0.410 e. The molecule has 2 aliphatic carbocycles. The van der Waals surface area contributed by atoms with Crippen molar-refractivity contribution in [3.05, 3.63) is 0 Å². The second-order valence-electron chi connectivity index (χ2n) is 8.03. The van der Waals surface area contributed by atoms with Gasteiger partial charge in [0.15, 0.2) is 0 Å². The van der Waals surface area contributed by atoms with E-state index in [1.54, 1.807) is 11.9 Å². The summed E-state index contributed by atoms with van der Waals surface area (Å²) >= 11 is 0. The standard InChI is InChI=1S/C18H34N2O3/c1-6-22-15-13-14(18(15)9-7-8-10-18)19-11-12-20(5)16(21)23-17(2,3)4/h14-15,19H,6-13H2,1-5H3. The summed E-state index contributed by atoms with van der Waals surface area (Å²) in [5.74, 6) is 0. The third kappa shape index (κ3) is 4.38. The normalized spacial score (nSPS) is 26.1. The molecule has 134 valence electrons. The first-order valence-electron chi connectivity index (χ1n) is 9.07. The first kappa shape index (κ1) is 18.5. The Bertz CT molecular complexity index is 400. The van der Waals surface area contributed by atoms with Crippen molar-refractivity contribution in [1.82, 2.24) is 10.2 Å². The monoisotopic (exact) mass is 326 g/mol. The predicted octanol–water partition coefficient (Wildman–Crippen LogP) is 3.18. The molecular weight excluding hydrogens is 292 g/mol. The summed E-state index contributed by atoms with van der Waals surface area (Å²) < 4.78 is 11.3. The van der Waals surface area contributed by atoms with Gasteiger partial charge >= 0.3 is 6.09 Å². The maximum atomic E-state index is 12.0. The minimum absolute atomic E-state index is 0.254. The number of nitrogens with zero attached hydrogens (tertiary/aromatic N) is 1. The molecule has 2 unspecified atom stereocenters. The number of carbonyl (C=O) groups excluding carboxylic acids is 1. The van der Waals surface area contributed by atoms with E-state index in [4.69, 9.17) is 9.47 Å². The molecule has 0 radical (unpaired) electrons. The lowest BCUT2D eigenvalue weighted by Gasteiger charge is -2.54. The zero-order valence-electron chi connectivity index (χ0n) is 15.5. The van der Waals surface area contributed by atoms with Crippen LogP contribution in [-0.4, -0.2) is 55.5 Å². The highest BCUT2D eigenvalue weighted by atomic mass is 16.6. The van der Waals surface area contributed by atoms with Crippen LogP contribution in [0.25, 0.3) is 0 Å². The highest BCUT2D eigenvalue weighted by Crippen LogP contribution is 2.54. The Balaban J connectivity index is 1.75. The van der Waals surface area contributed by atoms with Gasteiger partial charge in [-0.2, -0.15) is 0 Å². The number of rotatable bonds is 6. The van der Waals surface area contributed by atoms with E-state index in [-0.39, 0.29) is 6.09 Å². The molecule has 2 saturated carbocycles. The molecular formula is C18H34N2O3. The van der Waals surface area contributed by atoms with Crippen LogP contribution >= 0.6 is 0 Å². The van der Waals surface area contributed by atoms with E-state index in [9.17, 15) is 4.79 Å². The first-order chi connectivity index (χ1) is 10.8. The van der Waals surface area contributed by atoms with Crippen LogP contribution in [0.4, 0.5) is 4.79 Å². The molecule has 23 heavy (non-hydrogen) atoms. The molecule has 1 amide bonds. The molecule has 1 spiro atoms. The summed E-state index contributed by atoms with van der Waals surface area (Å²) in [6.07, 6.45) is 6.46. The molecule has 0 saturated heterocycles. The molecule has 0 aromatic heterocycles. The van der Waals surface area contributed by atoms with Crippen LogP contribution in [0.15, 0.2) is 0 Å². The lowest BCUT2D eigenvalue weighted by Crippen LogP contribution is -2.63. The van der Waals surface area contributed by atoms with E-state index < -0.39 is 5.60 Å². The Kier molecular flexibility index (Phi) is 5.95. The number of amides is 1. The Morgan fingerprint density at radius 3 is 2.52 bits per heavy atom. The average molecular weight is 326 g/mol. The van der Waals surface area contributed by atoms with Crippen molar-refractivity contribution in [2.45, 2.75) is 77.5 Å². The Labute approximate surface area is 141 Å². The fourth-order valence-electron chi connectivity index (χ4n) is 4.01. The van der Waals surface area contributed by atoms with Crippen LogP contribution in [-0.2, 0) is 9.47 Å². The molecule has 0 aliphatic heterocycles. The Morgan fingerprint density at radius 1 is 1.30 bits per heavy atom. The smallest absolute Gasteiger partial charge is 0.410 e. The van der Waals surface area contributed by atoms with Crippen LogP contribution in [0.2, 0.25) is 0 Å². The third-order valence-electron chi connectivity index (χ3n) is 5.23. The van der Waals surface area contributed by atoms with Crippen LogP contribution in [0.3, 0.4) is 0 Å². The van der Waals surface area contributed by atoms with Crippen LogP contribution in [0, 0.1) is 5.41 Å². The number of hydrogen-bond acceptors (Lipinski definition) is 4. The molecule has 5 heteroatoms. The first-order valence-corrected chi connectivity index (χ1v) is 9.07. The van der Waals surface area contributed by atoms with E-state index in [2.05, 4.69) is 12.2 Å². The van der Waals surface area contributed by atoms with Gasteiger partial charge in [-0.05, 0) is 47.0 Å². The van der Waals surface area contributed by atoms with E-state index in [0.29, 0.717) is 24.1 Å². The van der Waals surface area contributed by atoms with Crippen molar-refractivity contribution in [3.63, 3.8) is 0 Å². The van der Waals surface area contributed by atoms with Gasteiger partial charge in [-0.3, -0.25) is 0 Å². The van der Waals surface area contributed by atoms with Crippen molar-refractivity contribution < 1.29 is 14.3 Å². The van der Waals surface area contributed by atoms with Gasteiger partial charge in [0.1, 0.15) is 5.60 Å². The van der Waals surface area contributed by atoms with Crippen molar-refractivity contribution in [1.29, 1.82) is 0 Å². The molecule has 1 N–H and O–H groups in total. The molecule has 2 rings (SSSR count). The zero-order valence-corrected chi connectivity index (χ0v) is 15.5. The average Bonchev–Trinajstić information content (AvgIpc) is 2.96. The maximum absolute atomic E-state index is 12.0. The molecule has 2 fully saturated rings. The van der Waals surface area contributed by atoms with Crippen LogP contribution in [0.5, 0.6) is 0 Å². The quantitative estimate of drug-likeness (QED) is 0.814. The molecule has 5 nitrogen and oxygen atoms in total. The number of nitrogens with one attached hydrogen (secondary N) is 1. The van der Waals surface area contributed by atoms with Gasteiger partial charge in [-0.15, -0.1) is 0 Å². The fraction of sp³-hybridized carbons (Fsp3) is 0.944. The van der Waals surface area contributed by atoms with Crippen molar-refractivity contribution in [2.24, 2.45) is 5.41 Å². The van der Waals surface area contributed by atoms with Crippen molar-refractivity contribution in [3.8, 4) is 0 Å². The van der Waals surface area contributed by atoms with E-state index in [1.807, 2.05) is 20.8 Å². The molecule has 0 heterocycles. The molecule has 2 atom stereocenters.